The molecule has 1 unspecified atom stereocenters. The van der Waals surface area contributed by atoms with Crippen LogP contribution in [0.5, 0.6) is 11.5 Å². The Morgan fingerprint density at radius 3 is 2.33 bits per heavy atom. The minimum absolute atomic E-state index is 0.143. The molecule has 0 saturated heterocycles. The highest BCUT2D eigenvalue weighted by molar-refractivity contribution is 6.17. The van der Waals surface area contributed by atoms with Crippen molar-refractivity contribution in [3.05, 3.63) is 23.8 Å². The lowest BCUT2D eigenvalue weighted by molar-refractivity contribution is 0.0900. The zero-order chi connectivity index (χ0) is 13.8. The van der Waals surface area contributed by atoms with E-state index in [4.69, 9.17) is 11.6 Å². The molecule has 0 aliphatic carbocycles. The topological polar surface area (TPSA) is 69.6 Å². The number of nitrogens with one attached hydrogen (secondary N) is 1. The Balaban J connectivity index is 2.87. The van der Waals surface area contributed by atoms with E-state index in [2.05, 4.69) is 5.32 Å². The van der Waals surface area contributed by atoms with Gasteiger partial charge in [-0.2, -0.15) is 0 Å². The Kier molecular flexibility index (Phi) is 4.84. The van der Waals surface area contributed by atoms with Crippen molar-refractivity contribution in [1.29, 1.82) is 0 Å². The van der Waals surface area contributed by atoms with E-state index in [0.717, 1.165) is 6.42 Å². The lowest BCUT2D eigenvalue weighted by Crippen LogP contribution is -2.45. The van der Waals surface area contributed by atoms with Gasteiger partial charge < -0.3 is 15.5 Å². The number of alkyl halides is 1. The van der Waals surface area contributed by atoms with Gasteiger partial charge in [-0.1, -0.05) is 6.92 Å². The Hall–Kier alpha value is -1.42. The number of aromatic hydroxyl groups is 2. The lowest BCUT2D eigenvalue weighted by atomic mass is 9.95. The Bertz CT molecular complexity index is 416. The van der Waals surface area contributed by atoms with Gasteiger partial charge in [-0.25, -0.2) is 0 Å². The maximum atomic E-state index is 12.0. The maximum absolute atomic E-state index is 12.0. The maximum Gasteiger partial charge on any atom is 0.251 e. The van der Waals surface area contributed by atoms with Gasteiger partial charge in [0, 0.05) is 23.0 Å². The third kappa shape index (κ3) is 3.81. The Morgan fingerprint density at radius 2 is 1.89 bits per heavy atom. The fraction of sp³-hybridized carbons (Fsp3) is 0.462. The van der Waals surface area contributed by atoms with Gasteiger partial charge in [0.05, 0.1) is 0 Å². The van der Waals surface area contributed by atoms with Gasteiger partial charge in [0.2, 0.25) is 0 Å². The summed E-state index contributed by atoms with van der Waals surface area (Å²) in [5, 5.41) is 21.6. The summed E-state index contributed by atoms with van der Waals surface area (Å²) in [4.78, 5) is 12.0. The number of halogens is 1. The van der Waals surface area contributed by atoms with Crippen molar-refractivity contribution in [3.8, 4) is 11.5 Å². The molecule has 1 aromatic carbocycles. The second kappa shape index (κ2) is 5.96. The Morgan fingerprint density at radius 1 is 1.33 bits per heavy atom. The minimum Gasteiger partial charge on any atom is -0.508 e. The monoisotopic (exact) mass is 271 g/mol. The van der Waals surface area contributed by atoms with Gasteiger partial charge >= 0.3 is 0 Å². The van der Waals surface area contributed by atoms with E-state index in [0.29, 0.717) is 12.3 Å². The zero-order valence-corrected chi connectivity index (χ0v) is 11.3. The van der Waals surface area contributed by atoms with Crippen molar-refractivity contribution in [1.82, 2.24) is 5.32 Å². The highest BCUT2D eigenvalue weighted by Gasteiger charge is 2.24. The predicted octanol–water partition coefficient (Wildman–Crippen LogP) is 2.63. The van der Waals surface area contributed by atoms with Crippen LogP contribution in [-0.2, 0) is 0 Å². The van der Waals surface area contributed by atoms with E-state index in [1.807, 2.05) is 13.8 Å². The molecule has 4 nitrogen and oxygen atoms in total. The van der Waals surface area contributed by atoms with Gasteiger partial charge in [0.25, 0.3) is 5.91 Å². The molecule has 0 radical (unpaired) electrons. The van der Waals surface area contributed by atoms with Crippen LogP contribution in [0.3, 0.4) is 0 Å². The summed E-state index contributed by atoms with van der Waals surface area (Å²) in [6.45, 7) is 3.88. The molecule has 100 valence electrons. The third-order valence-electron chi connectivity index (χ3n) is 3.01. The van der Waals surface area contributed by atoms with Crippen molar-refractivity contribution < 1.29 is 15.0 Å². The normalized spacial score (nSPS) is 13.9. The SMILES string of the molecule is CCC(C)(CCCl)NC(=O)c1cc(O)cc(O)c1. The average molecular weight is 272 g/mol. The Labute approximate surface area is 112 Å². The van der Waals surface area contributed by atoms with E-state index in [1.165, 1.54) is 18.2 Å². The van der Waals surface area contributed by atoms with Crippen LogP contribution in [-0.4, -0.2) is 27.5 Å². The third-order valence-corrected chi connectivity index (χ3v) is 3.20. The average Bonchev–Trinajstić information content (AvgIpc) is 2.28. The number of phenols is 2. The van der Waals surface area contributed by atoms with Crippen LogP contribution in [0.1, 0.15) is 37.0 Å². The number of hydrogen-bond donors (Lipinski definition) is 3. The summed E-state index contributed by atoms with van der Waals surface area (Å²) in [6, 6.07) is 3.80. The van der Waals surface area contributed by atoms with Crippen molar-refractivity contribution >= 4 is 17.5 Å². The highest BCUT2D eigenvalue weighted by Crippen LogP contribution is 2.22. The molecule has 0 aromatic heterocycles. The van der Waals surface area contributed by atoms with Crippen LogP contribution in [0.15, 0.2) is 18.2 Å². The largest absolute Gasteiger partial charge is 0.508 e. The second-order valence-electron chi connectivity index (χ2n) is 4.55. The smallest absolute Gasteiger partial charge is 0.251 e. The minimum atomic E-state index is -0.389. The standard InChI is InChI=1S/C13H18ClNO3/c1-3-13(2,4-5-14)15-12(18)9-6-10(16)8-11(17)7-9/h6-8,16-17H,3-5H2,1-2H3,(H,15,18). The van der Waals surface area contributed by atoms with Crippen LogP contribution in [0.4, 0.5) is 0 Å². The molecule has 3 N–H and O–H groups in total. The molecule has 1 rings (SSSR count). The molecular formula is C13H18ClNO3. The molecule has 0 fully saturated rings. The molecule has 1 amide bonds. The van der Waals surface area contributed by atoms with Crippen LogP contribution < -0.4 is 5.32 Å². The van der Waals surface area contributed by atoms with E-state index >= 15 is 0 Å². The highest BCUT2D eigenvalue weighted by atomic mass is 35.5. The van der Waals surface area contributed by atoms with Gasteiger partial charge in [0.15, 0.2) is 0 Å². The summed E-state index contributed by atoms with van der Waals surface area (Å²) in [5.74, 6) is -0.169. The number of rotatable bonds is 5. The van der Waals surface area contributed by atoms with Crippen LogP contribution in [0.2, 0.25) is 0 Å². The van der Waals surface area contributed by atoms with E-state index in [-0.39, 0.29) is 28.5 Å². The number of phenolic OH excluding ortho intramolecular Hbond substituents is 2. The number of hydrogen-bond acceptors (Lipinski definition) is 3. The van der Waals surface area contributed by atoms with E-state index in [9.17, 15) is 15.0 Å². The van der Waals surface area contributed by atoms with E-state index in [1.54, 1.807) is 0 Å². The zero-order valence-electron chi connectivity index (χ0n) is 10.5. The second-order valence-corrected chi connectivity index (χ2v) is 4.92. The van der Waals surface area contributed by atoms with Crippen molar-refractivity contribution in [2.75, 3.05) is 5.88 Å². The number of carbonyl (C=O) groups is 1. The first-order valence-corrected chi connectivity index (χ1v) is 6.35. The molecule has 0 spiro atoms. The van der Waals surface area contributed by atoms with Crippen molar-refractivity contribution in [2.24, 2.45) is 0 Å². The predicted molar refractivity (Wildman–Crippen MR) is 71.3 cm³/mol. The molecule has 0 saturated carbocycles. The quantitative estimate of drug-likeness (QED) is 0.721. The molecule has 1 aromatic rings. The number of amides is 1. The van der Waals surface area contributed by atoms with Crippen molar-refractivity contribution in [2.45, 2.75) is 32.2 Å². The molecule has 5 heteroatoms. The molecule has 1 atom stereocenters. The van der Waals surface area contributed by atoms with Crippen LogP contribution in [0.25, 0.3) is 0 Å². The summed E-state index contributed by atoms with van der Waals surface area (Å²) in [5.41, 5.74) is -0.165. The first kappa shape index (κ1) is 14.6. The van der Waals surface area contributed by atoms with Crippen molar-refractivity contribution in [3.63, 3.8) is 0 Å². The molecule has 0 aliphatic heterocycles. The van der Waals surface area contributed by atoms with Gasteiger partial charge in [-0.05, 0) is 31.9 Å². The molecule has 0 heterocycles. The summed E-state index contributed by atoms with van der Waals surface area (Å²) in [7, 11) is 0. The van der Waals surface area contributed by atoms with Gasteiger partial charge in [-0.15, -0.1) is 11.6 Å². The molecule has 0 aliphatic rings. The summed E-state index contributed by atoms with van der Waals surface area (Å²) >= 11 is 5.71. The molecule has 18 heavy (non-hydrogen) atoms. The molecular weight excluding hydrogens is 254 g/mol. The van der Waals surface area contributed by atoms with E-state index < -0.39 is 0 Å². The number of carbonyl (C=O) groups excluding carboxylic acids is 1. The summed E-state index contributed by atoms with van der Waals surface area (Å²) in [6.07, 6.45) is 1.40. The summed E-state index contributed by atoms with van der Waals surface area (Å²) < 4.78 is 0. The number of benzene rings is 1. The van der Waals surface area contributed by atoms with Crippen LogP contribution >= 0.6 is 11.6 Å². The fourth-order valence-electron chi connectivity index (χ4n) is 1.61. The molecule has 0 bridgehead atoms. The lowest BCUT2D eigenvalue weighted by Gasteiger charge is -2.29. The van der Waals surface area contributed by atoms with Gasteiger partial charge in [-0.3, -0.25) is 4.79 Å². The first-order valence-electron chi connectivity index (χ1n) is 5.81. The van der Waals surface area contributed by atoms with Crippen LogP contribution in [0, 0.1) is 0 Å². The fourth-order valence-corrected chi connectivity index (χ4v) is 2.03. The van der Waals surface area contributed by atoms with Gasteiger partial charge in [0.1, 0.15) is 11.5 Å². The first-order chi connectivity index (χ1) is 8.40.